The zero-order valence-corrected chi connectivity index (χ0v) is 12.1. The highest BCUT2D eigenvalue weighted by atomic mass is 35.5. The SMILES string of the molecule is CCNCc1ccoc1COc1cccc(Cl)c1Cl. The molecule has 0 aliphatic heterocycles. The normalized spacial score (nSPS) is 10.7. The van der Waals surface area contributed by atoms with Gasteiger partial charge in [0.2, 0.25) is 0 Å². The van der Waals surface area contributed by atoms with Crippen LogP contribution in [0.5, 0.6) is 5.75 Å². The molecule has 0 fully saturated rings. The van der Waals surface area contributed by atoms with E-state index >= 15 is 0 Å². The summed E-state index contributed by atoms with van der Waals surface area (Å²) in [7, 11) is 0. The van der Waals surface area contributed by atoms with Crippen LogP contribution in [0.15, 0.2) is 34.9 Å². The molecule has 1 aromatic carbocycles. The fourth-order valence-corrected chi connectivity index (χ4v) is 2.00. The van der Waals surface area contributed by atoms with Crippen molar-refractivity contribution < 1.29 is 9.15 Å². The summed E-state index contributed by atoms with van der Waals surface area (Å²) in [5, 5.41) is 4.15. The first kappa shape index (κ1) is 14.3. The Bertz CT molecular complexity index is 540. The Balaban J connectivity index is 2.02. The van der Waals surface area contributed by atoms with Crippen LogP contribution in [-0.2, 0) is 13.2 Å². The minimum atomic E-state index is 0.327. The minimum Gasteiger partial charge on any atom is -0.484 e. The highest BCUT2D eigenvalue weighted by Gasteiger charge is 2.09. The smallest absolute Gasteiger partial charge is 0.146 e. The van der Waals surface area contributed by atoms with Gasteiger partial charge in [-0.25, -0.2) is 0 Å². The largest absolute Gasteiger partial charge is 0.484 e. The van der Waals surface area contributed by atoms with Crippen LogP contribution in [0.1, 0.15) is 18.2 Å². The van der Waals surface area contributed by atoms with Crippen molar-refractivity contribution in [3.63, 3.8) is 0 Å². The maximum absolute atomic E-state index is 6.06. The lowest BCUT2D eigenvalue weighted by Gasteiger charge is -2.08. The predicted molar refractivity (Wildman–Crippen MR) is 76.9 cm³/mol. The number of nitrogens with one attached hydrogen (secondary N) is 1. The molecule has 3 nitrogen and oxygen atoms in total. The van der Waals surface area contributed by atoms with E-state index in [2.05, 4.69) is 12.2 Å². The van der Waals surface area contributed by atoms with Crippen molar-refractivity contribution in [1.82, 2.24) is 5.32 Å². The Morgan fingerprint density at radius 3 is 2.89 bits per heavy atom. The van der Waals surface area contributed by atoms with Crippen molar-refractivity contribution in [2.45, 2.75) is 20.1 Å². The molecule has 0 atom stereocenters. The third-order valence-corrected chi connectivity index (χ3v) is 3.48. The maximum atomic E-state index is 6.06. The molecule has 102 valence electrons. The van der Waals surface area contributed by atoms with Crippen molar-refractivity contribution in [2.24, 2.45) is 0 Å². The summed E-state index contributed by atoms with van der Waals surface area (Å²) in [4.78, 5) is 0. The molecule has 0 spiro atoms. The zero-order chi connectivity index (χ0) is 13.7. The van der Waals surface area contributed by atoms with E-state index < -0.39 is 0 Å². The number of rotatable bonds is 6. The first-order valence-corrected chi connectivity index (χ1v) is 6.80. The summed E-state index contributed by atoms with van der Waals surface area (Å²) < 4.78 is 11.1. The third-order valence-electron chi connectivity index (χ3n) is 2.68. The van der Waals surface area contributed by atoms with E-state index in [1.165, 1.54) is 0 Å². The lowest BCUT2D eigenvalue weighted by molar-refractivity contribution is 0.268. The average Bonchev–Trinajstić information content (AvgIpc) is 2.85. The van der Waals surface area contributed by atoms with Gasteiger partial charge in [0.15, 0.2) is 0 Å². The Labute approximate surface area is 122 Å². The monoisotopic (exact) mass is 299 g/mol. The van der Waals surface area contributed by atoms with E-state index in [1.807, 2.05) is 6.07 Å². The molecular formula is C14H15Cl2NO2. The molecule has 2 aromatic rings. The summed E-state index contributed by atoms with van der Waals surface area (Å²) >= 11 is 12.0. The van der Waals surface area contributed by atoms with E-state index in [4.69, 9.17) is 32.4 Å². The molecule has 0 aliphatic carbocycles. The fraction of sp³-hybridized carbons (Fsp3) is 0.286. The predicted octanol–water partition coefficient (Wildman–Crippen LogP) is 4.27. The molecule has 0 bridgehead atoms. The van der Waals surface area contributed by atoms with Gasteiger partial charge < -0.3 is 14.5 Å². The first-order chi connectivity index (χ1) is 9.22. The molecule has 0 radical (unpaired) electrons. The summed E-state index contributed by atoms with van der Waals surface area (Å²) in [5.74, 6) is 1.34. The minimum absolute atomic E-state index is 0.327. The Hall–Kier alpha value is -1.16. The topological polar surface area (TPSA) is 34.4 Å². The van der Waals surface area contributed by atoms with Crippen LogP contribution in [0.25, 0.3) is 0 Å². The molecular weight excluding hydrogens is 285 g/mol. The number of benzene rings is 1. The van der Waals surface area contributed by atoms with Crippen LogP contribution in [-0.4, -0.2) is 6.54 Å². The number of hydrogen-bond donors (Lipinski definition) is 1. The lowest BCUT2D eigenvalue weighted by atomic mass is 10.2. The lowest BCUT2D eigenvalue weighted by Crippen LogP contribution is -2.12. The van der Waals surface area contributed by atoms with Crippen molar-refractivity contribution in [3.05, 3.63) is 51.9 Å². The molecule has 0 saturated heterocycles. The van der Waals surface area contributed by atoms with Crippen molar-refractivity contribution in [2.75, 3.05) is 6.54 Å². The first-order valence-electron chi connectivity index (χ1n) is 6.05. The summed E-state index contributed by atoms with van der Waals surface area (Å²) in [5.41, 5.74) is 1.08. The summed E-state index contributed by atoms with van der Waals surface area (Å²) in [6.45, 7) is 4.05. The molecule has 1 N–H and O–H groups in total. The second-order valence-electron chi connectivity index (χ2n) is 3.99. The summed E-state index contributed by atoms with van der Waals surface area (Å²) in [6, 6.07) is 7.23. The standard InChI is InChI=1S/C14H15Cl2NO2/c1-2-17-8-10-6-7-18-13(10)9-19-12-5-3-4-11(15)14(12)16/h3-7,17H,2,8-9H2,1H3. The second kappa shape index (κ2) is 6.85. The van der Waals surface area contributed by atoms with E-state index in [9.17, 15) is 0 Å². The van der Waals surface area contributed by atoms with Gasteiger partial charge in [-0.15, -0.1) is 0 Å². The number of ether oxygens (including phenoxy) is 1. The molecule has 0 unspecified atom stereocenters. The molecule has 0 saturated carbocycles. The van der Waals surface area contributed by atoms with E-state index in [1.54, 1.807) is 24.5 Å². The van der Waals surface area contributed by atoms with Crippen LogP contribution in [0.4, 0.5) is 0 Å². The Morgan fingerprint density at radius 1 is 1.26 bits per heavy atom. The zero-order valence-electron chi connectivity index (χ0n) is 10.6. The van der Waals surface area contributed by atoms with Gasteiger partial charge in [-0.2, -0.15) is 0 Å². The van der Waals surface area contributed by atoms with Gasteiger partial charge >= 0.3 is 0 Å². The average molecular weight is 300 g/mol. The summed E-state index contributed by atoms with van der Waals surface area (Å²) in [6.07, 6.45) is 1.66. The second-order valence-corrected chi connectivity index (χ2v) is 4.78. The number of hydrogen-bond acceptors (Lipinski definition) is 3. The fourth-order valence-electron chi connectivity index (χ4n) is 1.65. The molecule has 0 amide bonds. The number of furan rings is 1. The molecule has 1 heterocycles. The third kappa shape index (κ3) is 3.66. The van der Waals surface area contributed by atoms with Crippen LogP contribution in [0, 0.1) is 0 Å². The van der Waals surface area contributed by atoms with Gasteiger partial charge in [-0.1, -0.05) is 36.2 Å². The molecule has 1 aromatic heterocycles. The van der Waals surface area contributed by atoms with Crippen LogP contribution < -0.4 is 10.1 Å². The Kier molecular flexibility index (Phi) is 5.14. The van der Waals surface area contributed by atoms with E-state index in [-0.39, 0.29) is 0 Å². The highest BCUT2D eigenvalue weighted by Crippen LogP contribution is 2.32. The van der Waals surface area contributed by atoms with Gasteiger partial charge in [-0.3, -0.25) is 0 Å². The van der Waals surface area contributed by atoms with E-state index in [0.717, 1.165) is 24.4 Å². The maximum Gasteiger partial charge on any atom is 0.146 e. The molecule has 5 heteroatoms. The van der Waals surface area contributed by atoms with Gasteiger partial charge in [0.05, 0.1) is 11.3 Å². The Morgan fingerprint density at radius 2 is 2.11 bits per heavy atom. The highest BCUT2D eigenvalue weighted by molar-refractivity contribution is 6.42. The number of halogens is 2. The molecule has 19 heavy (non-hydrogen) atoms. The molecule has 2 rings (SSSR count). The quantitative estimate of drug-likeness (QED) is 0.865. The van der Waals surface area contributed by atoms with Gasteiger partial charge in [-0.05, 0) is 24.7 Å². The van der Waals surface area contributed by atoms with Crippen LogP contribution >= 0.6 is 23.2 Å². The molecule has 0 aliphatic rings. The van der Waals surface area contributed by atoms with Gasteiger partial charge in [0, 0.05) is 12.1 Å². The van der Waals surface area contributed by atoms with Gasteiger partial charge in [0.25, 0.3) is 0 Å². The van der Waals surface area contributed by atoms with Gasteiger partial charge in [0.1, 0.15) is 23.1 Å². The van der Waals surface area contributed by atoms with Crippen molar-refractivity contribution in [1.29, 1.82) is 0 Å². The van der Waals surface area contributed by atoms with Crippen LogP contribution in [0.3, 0.4) is 0 Å². The van der Waals surface area contributed by atoms with Crippen molar-refractivity contribution >= 4 is 23.2 Å². The van der Waals surface area contributed by atoms with Crippen LogP contribution in [0.2, 0.25) is 10.0 Å². The van der Waals surface area contributed by atoms with E-state index in [0.29, 0.717) is 22.4 Å². The van der Waals surface area contributed by atoms with Crippen molar-refractivity contribution in [3.8, 4) is 5.75 Å².